The monoisotopic (exact) mass is 230 g/mol. The van der Waals surface area contributed by atoms with Crippen molar-refractivity contribution in [1.82, 2.24) is 0 Å². The van der Waals surface area contributed by atoms with Gasteiger partial charge in [0.15, 0.2) is 0 Å². The van der Waals surface area contributed by atoms with Crippen LogP contribution >= 0.6 is 12.6 Å². The van der Waals surface area contributed by atoms with Gasteiger partial charge in [0.25, 0.3) is 0 Å². The summed E-state index contributed by atoms with van der Waals surface area (Å²) in [7, 11) is 1.33. The summed E-state index contributed by atoms with van der Waals surface area (Å²) in [5.74, 6) is -0.384. The molecule has 0 aliphatic carbocycles. The van der Waals surface area contributed by atoms with Crippen molar-refractivity contribution in [3.05, 3.63) is 0 Å². The average molecular weight is 230 g/mol. The van der Waals surface area contributed by atoms with Crippen molar-refractivity contribution < 1.29 is 9.53 Å². The zero-order valence-electron chi connectivity index (χ0n) is 8.75. The van der Waals surface area contributed by atoms with E-state index < -0.39 is 5.66 Å². The minimum atomic E-state index is -0.966. The minimum Gasteiger partial charge on any atom is -0.469 e. The van der Waals surface area contributed by atoms with Crippen LogP contribution in [0.2, 0.25) is 0 Å². The van der Waals surface area contributed by atoms with Gasteiger partial charge < -0.3 is 4.74 Å². The molecule has 0 N–H and O–H groups in total. The molecule has 7 heteroatoms. The van der Waals surface area contributed by atoms with E-state index in [2.05, 4.69) is 38.0 Å². The molecular weight excluding hydrogens is 216 g/mol. The summed E-state index contributed by atoms with van der Waals surface area (Å²) >= 11 is 4.39. The second-order valence-electron chi connectivity index (χ2n) is 3.31. The van der Waals surface area contributed by atoms with Gasteiger partial charge >= 0.3 is 5.97 Å². The van der Waals surface area contributed by atoms with Gasteiger partial charge in [-0.15, -0.1) is 10.2 Å². The largest absolute Gasteiger partial charge is 0.469 e. The van der Waals surface area contributed by atoms with Crippen molar-refractivity contribution in [2.24, 2.45) is 20.7 Å². The van der Waals surface area contributed by atoms with E-state index in [9.17, 15) is 4.79 Å². The molecule has 1 heterocycles. The van der Waals surface area contributed by atoms with Crippen LogP contribution in [0.4, 0.5) is 0 Å². The molecule has 0 saturated carbocycles. The number of carbonyl (C=O) groups is 1. The smallest absolute Gasteiger partial charge is 0.310 e. The number of nitrogens with zero attached hydrogens (tertiary/aromatic N) is 4. The SMILES string of the molecule is CCCC(S)C1(CC(=O)OC)N=NN=N1. The summed E-state index contributed by atoms with van der Waals surface area (Å²) < 4.78 is 4.59. The number of ether oxygens (including phenoxy) is 1. The van der Waals surface area contributed by atoms with Gasteiger partial charge in [-0.2, -0.15) is 12.6 Å². The lowest BCUT2D eigenvalue weighted by molar-refractivity contribution is -0.142. The highest BCUT2D eigenvalue weighted by Gasteiger charge is 2.42. The molecule has 0 aromatic rings. The fraction of sp³-hybridized carbons (Fsp3) is 0.875. The molecule has 0 saturated heterocycles. The Morgan fingerprint density at radius 3 is 2.53 bits per heavy atom. The predicted molar refractivity (Wildman–Crippen MR) is 56.8 cm³/mol. The molecule has 0 spiro atoms. The molecule has 6 nitrogen and oxygen atoms in total. The van der Waals surface area contributed by atoms with E-state index in [1.807, 2.05) is 6.92 Å². The van der Waals surface area contributed by atoms with Gasteiger partial charge in [-0.25, -0.2) is 0 Å². The highest BCUT2D eigenvalue weighted by atomic mass is 32.1. The van der Waals surface area contributed by atoms with Crippen molar-refractivity contribution >= 4 is 18.6 Å². The molecular formula is C8H14N4O2S. The zero-order valence-corrected chi connectivity index (χ0v) is 9.65. The summed E-state index contributed by atoms with van der Waals surface area (Å²) in [5.41, 5.74) is -0.966. The highest BCUT2D eigenvalue weighted by molar-refractivity contribution is 7.81. The zero-order chi connectivity index (χ0) is 11.3. The van der Waals surface area contributed by atoms with Crippen molar-refractivity contribution in [2.75, 3.05) is 7.11 Å². The third kappa shape index (κ3) is 2.74. The van der Waals surface area contributed by atoms with Gasteiger partial charge in [-0.3, -0.25) is 4.79 Å². The maximum absolute atomic E-state index is 11.2. The van der Waals surface area contributed by atoms with Crippen molar-refractivity contribution in [3.63, 3.8) is 0 Å². The molecule has 1 rings (SSSR count). The van der Waals surface area contributed by atoms with Gasteiger partial charge in [-0.05, 0) is 16.9 Å². The lowest BCUT2D eigenvalue weighted by Gasteiger charge is -2.24. The molecule has 0 bridgehead atoms. The van der Waals surface area contributed by atoms with Crippen molar-refractivity contribution in [3.8, 4) is 0 Å². The number of methoxy groups -OCH3 is 1. The second kappa shape index (κ2) is 5.20. The van der Waals surface area contributed by atoms with Crippen LogP contribution in [0.1, 0.15) is 26.2 Å². The van der Waals surface area contributed by atoms with Crippen LogP contribution < -0.4 is 0 Å². The van der Waals surface area contributed by atoms with Crippen LogP contribution in [0.5, 0.6) is 0 Å². The molecule has 0 fully saturated rings. The standard InChI is InChI=1S/C8H14N4O2S/c1-3-4-6(15)8(5-7(13)14-2)9-11-12-10-8/h6,15H,3-5H2,1-2H3. The van der Waals surface area contributed by atoms with Crippen LogP contribution in [0.3, 0.4) is 0 Å². The molecule has 15 heavy (non-hydrogen) atoms. The van der Waals surface area contributed by atoms with E-state index in [1.165, 1.54) is 7.11 Å². The van der Waals surface area contributed by atoms with Gasteiger partial charge in [0.2, 0.25) is 5.66 Å². The Labute approximate surface area is 93.6 Å². The second-order valence-corrected chi connectivity index (χ2v) is 3.94. The Hall–Kier alpha value is -0.980. The molecule has 1 aliphatic rings. The van der Waals surface area contributed by atoms with Crippen LogP contribution in [-0.4, -0.2) is 24.0 Å². The Kier molecular flexibility index (Phi) is 4.19. The first-order valence-corrected chi connectivity index (χ1v) is 5.25. The average Bonchev–Trinajstić information content (AvgIpc) is 2.68. The molecule has 1 atom stereocenters. The maximum atomic E-state index is 11.2. The first-order chi connectivity index (χ1) is 7.14. The van der Waals surface area contributed by atoms with Gasteiger partial charge in [0.05, 0.1) is 18.8 Å². The Morgan fingerprint density at radius 1 is 1.47 bits per heavy atom. The van der Waals surface area contributed by atoms with E-state index >= 15 is 0 Å². The van der Waals surface area contributed by atoms with E-state index in [0.717, 1.165) is 12.8 Å². The van der Waals surface area contributed by atoms with Gasteiger partial charge in [-0.1, -0.05) is 13.3 Å². The predicted octanol–water partition coefficient (Wildman–Crippen LogP) is 2.18. The summed E-state index contributed by atoms with van der Waals surface area (Å²) in [6.07, 6.45) is 1.75. The number of carbonyl (C=O) groups excluding carboxylic acids is 1. The molecule has 0 aromatic heterocycles. The fourth-order valence-corrected chi connectivity index (χ4v) is 1.78. The topological polar surface area (TPSA) is 75.7 Å². The molecule has 1 unspecified atom stereocenters. The van der Waals surface area contributed by atoms with Crippen molar-refractivity contribution in [1.29, 1.82) is 0 Å². The molecule has 1 aliphatic heterocycles. The Morgan fingerprint density at radius 2 is 2.07 bits per heavy atom. The van der Waals surface area contributed by atoms with Crippen LogP contribution in [0.15, 0.2) is 20.7 Å². The first-order valence-electron chi connectivity index (χ1n) is 4.73. The van der Waals surface area contributed by atoms with Gasteiger partial charge in [0.1, 0.15) is 0 Å². The number of rotatable bonds is 5. The van der Waals surface area contributed by atoms with Crippen molar-refractivity contribution in [2.45, 2.75) is 37.1 Å². The molecule has 0 aromatic carbocycles. The fourth-order valence-electron chi connectivity index (χ4n) is 1.33. The van der Waals surface area contributed by atoms with E-state index in [4.69, 9.17) is 0 Å². The molecule has 0 amide bonds. The first kappa shape index (κ1) is 12.1. The quantitative estimate of drug-likeness (QED) is 0.580. The Balaban J connectivity index is 2.75. The number of hydrogen-bond donors (Lipinski definition) is 1. The lowest BCUT2D eigenvalue weighted by atomic mass is 10.00. The third-order valence-corrected chi connectivity index (χ3v) is 2.88. The number of thiol groups is 1. The lowest BCUT2D eigenvalue weighted by Crippen LogP contribution is -2.36. The summed E-state index contributed by atoms with van der Waals surface area (Å²) in [5, 5.41) is 14.5. The Bertz CT molecular complexity index is 280. The van der Waals surface area contributed by atoms with Crippen LogP contribution in [-0.2, 0) is 9.53 Å². The molecule has 0 radical (unpaired) electrons. The van der Waals surface area contributed by atoms with Gasteiger partial charge in [0, 0.05) is 0 Å². The highest BCUT2D eigenvalue weighted by Crippen LogP contribution is 2.34. The van der Waals surface area contributed by atoms with Crippen LogP contribution in [0, 0.1) is 0 Å². The summed E-state index contributed by atoms with van der Waals surface area (Å²) in [6.45, 7) is 2.03. The third-order valence-electron chi connectivity index (χ3n) is 2.20. The molecule has 84 valence electrons. The number of esters is 1. The van der Waals surface area contributed by atoms with E-state index in [-0.39, 0.29) is 17.6 Å². The van der Waals surface area contributed by atoms with Crippen LogP contribution in [0.25, 0.3) is 0 Å². The summed E-state index contributed by atoms with van der Waals surface area (Å²) in [6, 6.07) is 0. The van der Waals surface area contributed by atoms with E-state index in [0.29, 0.717) is 0 Å². The van der Waals surface area contributed by atoms with E-state index in [1.54, 1.807) is 0 Å². The normalized spacial score (nSPS) is 19.1. The maximum Gasteiger partial charge on any atom is 0.310 e. The minimum absolute atomic E-state index is 0.0324. The number of hydrogen-bond acceptors (Lipinski definition) is 7. The summed E-state index contributed by atoms with van der Waals surface area (Å²) in [4.78, 5) is 11.2.